The van der Waals surface area contributed by atoms with Crippen LogP contribution >= 0.6 is 0 Å². The van der Waals surface area contributed by atoms with Gasteiger partial charge in [0, 0.05) is 6.42 Å². The van der Waals surface area contributed by atoms with E-state index >= 15 is 0 Å². The van der Waals surface area contributed by atoms with E-state index in [4.69, 9.17) is 4.74 Å². The molecule has 0 fully saturated rings. The molecule has 3 nitrogen and oxygen atoms in total. The molecule has 0 aromatic heterocycles. The summed E-state index contributed by atoms with van der Waals surface area (Å²) in [6.45, 7) is 0.660. The number of phenolic OH excluding ortho intramolecular Hbond substituents is 1. The number of hydrogen-bond donors (Lipinski definition) is 1. The summed E-state index contributed by atoms with van der Waals surface area (Å²) in [7, 11) is 0. The van der Waals surface area contributed by atoms with Crippen LogP contribution in [0.15, 0.2) is 72.5 Å². The van der Waals surface area contributed by atoms with Gasteiger partial charge in [0.1, 0.15) is 17.8 Å². The van der Waals surface area contributed by atoms with E-state index in [1.54, 1.807) is 0 Å². The van der Waals surface area contributed by atoms with E-state index in [-0.39, 0.29) is 0 Å². The maximum absolute atomic E-state index is 10.4. The lowest BCUT2D eigenvalue weighted by Gasteiger charge is -2.39. The van der Waals surface area contributed by atoms with Crippen molar-refractivity contribution in [3.8, 4) is 5.75 Å². The Morgan fingerprint density at radius 3 is 2.73 bits per heavy atom. The molecule has 3 atom stereocenters. The molecule has 0 radical (unpaired) electrons. The van der Waals surface area contributed by atoms with Gasteiger partial charge in [0.2, 0.25) is 0 Å². The number of fused-ring (bicyclic) bond motifs is 1. The lowest BCUT2D eigenvalue weighted by Crippen LogP contribution is -2.25. The number of ether oxygens (including phenoxy) is 1. The second kappa shape index (κ2) is 9.80. The van der Waals surface area contributed by atoms with Gasteiger partial charge in [-0.2, -0.15) is 0 Å². The van der Waals surface area contributed by atoms with E-state index in [9.17, 15) is 9.90 Å². The fraction of sp³-hybridized carbons (Fsp3) is 0.370. The highest BCUT2D eigenvalue weighted by molar-refractivity contribution is 5.49. The van der Waals surface area contributed by atoms with Gasteiger partial charge >= 0.3 is 0 Å². The summed E-state index contributed by atoms with van der Waals surface area (Å²) >= 11 is 0. The topological polar surface area (TPSA) is 46.5 Å². The van der Waals surface area contributed by atoms with Gasteiger partial charge in [-0.1, -0.05) is 42.5 Å². The van der Waals surface area contributed by atoms with Crippen LogP contribution < -0.4 is 0 Å². The number of carbonyl (C=O) groups excluding carboxylic acids is 1. The van der Waals surface area contributed by atoms with Crippen LogP contribution in [-0.2, 0) is 16.0 Å². The van der Waals surface area contributed by atoms with Crippen molar-refractivity contribution < 1.29 is 14.6 Å². The number of hydrogen-bond acceptors (Lipinski definition) is 3. The molecule has 0 heterocycles. The third-order valence-corrected chi connectivity index (χ3v) is 6.42. The third kappa shape index (κ3) is 4.67. The highest BCUT2D eigenvalue weighted by Crippen LogP contribution is 2.49. The molecule has 0 aliphatic heterocycles. The second-order valence-corrected chi connectivity index (χ2v) is 8.34. The summed E-state index contributed by atoms with van der Waals surface area (Å²) in [5.41, 5.74) is 4.05. The van der Waals surface area contributed by atoms with Crippen molar-refractivity contribution in [3.63, 3.8) is 0 Å². The van der Waals surface area contributed by atoms with Crippen molar-refractivity contribution in [3.05, 3.63) is 89.2 Å². The molecular formula is C27H30O3. The molecule has 4 rings (SSSR count). The summed E-state index contributed by atoms with van der Waals surface area (Å²) in [5.74, 6) is 2.56. The van der Waals surface area contributed by atoms with E-state index in [2.05, 4.69) is 54.6 Å². The van der Waals surface area contributed by atoms with Crippen molar-refractivity contribution in [1.29, 1.82) is 0 Å². The molecule has 2 aromatic rings. The van der Waals surface area contributed by atoms with E-state index in [1.807, 2.05) is 12.1 Å². The van der Waals surface area contributed by atoms with Gasteiger partial charge < -0.3 is 14.6 Å². The van der Waals surface area contributed by atoms with Crippen LogP contribution in [0.2, 0.25) is 0 Å². The first-order valence-electron chi connectivity index (χ1n) is 11.1. The highest BCUT2D eigenvalue weighted by Gasteiger charge is 2.35. The molecule has 0 saturated carbocycles. The monoisotopic (exact) mass is 402 g/mol. The molecule has 156 valence electrons. The predicted molar refractivity (Wildman–Crippen MR) is 120 cm³/mol. The Balaban J connectivity index is 1.52. The van der Waals surface area contributed by atoms with Crippen molar-refractivity contribution in [2.24, 2.45) is 5.92 Å². The fourth-order valence-electron chi connectivity index (χ4n) is 4.95. The Bertz CT molecular complexity index is 913. The molecule has 30 heavy (non-hydrogen) atoms. The summed E-state index contributed by atoms with van der Waals surface area (Å²) in [6.07, 6.45) is 13.0. The molecule has 0 amide bonds. The van der Waals surface area contributed by atoms with Gasteiger partial charge in [0.05, 0.1) is 6.61 Å². The van der Waals surface area contributed by atoms with Crippen LogP contribution in [0.25, 0.3) is 0 Å². The second-order valence-electron chi connectivity index (χ2n) is 8.34. The highest BCUT2D eigenvalue weighted by atomic mass is 16.5. The summed E-state index contributed by atoms with van der Waals surface area (Å²) in [6, 6.07) is 16.7. The van der Waals surface area contributed by atoms with Gasteiger partial charge in [-0.3, -0.25) is 0 Å². The number of allylic oxidation sites excluding steroid dienone is 3. The zero-order valence-corrected chi connectivity index (χ0v) is 17.4. The number of aldehydes is 1. The van der Waals surface area contributed by atoms with Crippen LogP contribution in [0, 0.1) is 5.92 Å². The number of carbonyl (C=O) groups is 1. The smallest absolute Gasteiger partial charge is 0.119 e. The predicted octanol–water partition coefficient (Wildman–Crippen LogP) is 6.05. The number of aryl methyl sites for hydroxylation is 1. The Labute approximate surface area is 179 Å². The molecule has 1 N–H and O–H groups in total. The lowest BCUT2D eigenvalue weighted by molar-refractivity contribution is -0.107. The molecule has 0 bridgehead atoms. The van der Waals surface area contributed by atoms with Crippen LogP contribution in [0.4, 0.5) is 0 Å². The molecule has 3 heteroatoms. The normalized spacial score (nSPS) is 22.8. The van der Waals surface area contributed by atoms with Gasteiger partial charge in [0.15, 0.2) is 0 Å². The number of aromatic hydroxyl groups is 1. The number of phenols is 1. The van der Waals surface area contributed by atoms with E-state index < -0.39 is 0 Å². The average molecular weight is 403 g/mol. The van der Waals surface area contributed by atoms with Crippen molar-refractivity contribution in [2.75, 3.05) is 6.61 Å². The quantitative estimate of drug-likeness (QED) is 0.432. The standard InChI is InChI=1S/C27H30O3/c28-17-5-2-6-18-30-24-13-9-21(10-14-24)27-25(20-7-3-1-4-8-20)15-11-22-19-23(29)12-16-26(22)27/h1,3-4,7-9,12-14,16-17,19,21,25,27,29H,2,5-6,10-11,15,18H2/t21?,25-,27+/m1/s1. The van der Waals surface area contributed by atoms with Crippen LogP contribution in [0.3, 0.4) is 0 Å². The average Bonchev–Trinajstić information content (AvgIpc) is 2.79. The van der Waals surface area contributed by atoms with Gasteiger partial charge in [-0.15, -0.1) is 0 Å². The number of unbranched alkanes of at least 4 members (excludes halogenated alkanes) is 2. The van der Waals surface area contributed by atoms with Crippen LogP contribution in [0.1, 0.15) is 60.6 Å². The van der Waals surface area contributed by atoms with Crippen molar-refractivity contribution >= 4 is 6.29 Å². The molecule has 2 aliphatic rings. The third-order valence-electron chi connectivity index (χ3n) is 6.42. The molecule has 0 saturated heterocycles. The minimum Gasteiger partial charge on any atom is -0.508 e. The van der Waals surface area contributed by atoms with Crippen molar-refractivity contribution in [1.82, 2.24) is 0 Å². The minimum absolute atomic E-state index is 0.356. The maximum atomic E-state index is 10.4. The Morgan fingerprint density at radius 2 is 1.97 bits per heavy atom. The zero-order chi connectivity index (χ0) is 20.8. The summed E-state index contributed by atoms with van der Waals surface area (Å²) in [4.78, 5) is 10.4. The van der Waals surface area contributed by atoms with Gasteiger partial charge in [-0.25, -0.2) is 0 Å². The lowest BCUT2D eigenvalue weighted by atomic mass is 9.65. The molecule has 2 aliphatic carbocycles. The number of rotatable bonds is 8. The largest absolute Gasteiger partial charge is 0.508 e. The van der Waals surface area contributed by atoms with Crippen LogP contribution in [0.5, 0.6) is 5.75 Å². The summed E-state index contributed by atoms with van der Waals surface area (Å²) in [5, 5.41) is 9.98. The Kier molecular flexibility index (Phi) is 6.68. The molecule has 0 spiro atoms. The van der Waals surface area contributed by atoms with Gasteiger partial charge in [-0.05, 0) is 90.8 Å². The first-order valence-corrected chi connectivity index (χ1v) is 11.1. The van der Waals surface area contributed by atoms with Crippen LogP contribution in [-0.4, -0.2) is 18.0 Å². The SMILES string of the molecule is O=CCCCCOC1=CCC([C@@H]2c3ccc(O)cc3CC[C@@H]2c2ccccc2)C=C1. The summed E-state index contributed by atoms with van der Waals surface area (Å²) < 4.78 is 5.89. The Hall–Kier alpha value is -2.81. The van der Waals surface area contributed by atoms with E-state index in [1.165, 1.54) is 16.7 Å². The van der Waals surface area contributed by atoms with E-state index in [0.717, 1.165) is 44.1 Å². The molecule has 1 unspecified atom stereocenters. The Morgan fingerprint density at radius 1 is 1.10 bits per heavy atom. The van der Waals surface area contributed by atoms with E-state index in [0.29, 0.717) is 36.5 Å². The maximum Gasteiger partial charge on any atom is 0.119 e. The zero-order valence-electron chi connectivity index (χ0n) is 17.4. The molecular weight excluding hydrogens is 372 g/mol. The molecule has 2 aromatic carbocycles. The van der Waals surface area contributed by atoms with Gasteiger partial charge in [0.25, 0.3) is 0 Å². The minimum atomic E-state index is 0.356. The first kappa shape index (κ1) is 20.5. The first-order chi connectivity index (χ1) is 14.8. The number of benzene rings is 2. The fourth-order valence-corrected chi connectivity index (χ4v) is 4.95. The van der Waals surface area contributed by atoms with Crippen molar-refractivity contribution in [2.45, 2.75) is 50.4 Å².